The number of alkyl halides is 4. The predicted octanol–water partition coefficient (Wildman–Crippen LogP) is 9.34. The van der Waals surface area contributed by atoms with Crippen molar-refractivity contribution in [2.45, 2.75) is 133 Å². The average molecular weight is 818 g/mol. The van der Waals surface area contributed by atoms with E-state index in [1.165, 1.54) is 6.07 Å². The normalized spacial score (nSPS) is 26.1. The summed E-state index contributed by atoms with van der Waals surface area (Å²) in [5.74, 6) is -1.14. The van der Waals surface area contributed by atoms with E-state index in [2.05, 4.69) is 38.8 Å². The van der Waals surface area contributed by atoms with E-state index in [-0.39, 0.29) is 48.1 Å². The van der Waals surface area contributed by atoms with Crippen LogP contribution in [0.25, 0.3) is 0 Å². The molecule has 0 aromatic heterocycles. The number of piperidine rings is 2. The van der Waals surface area contributed by atoms with E-state index in [1.807, 2.05) is 29.2 Å². The van der Waals surface area contributed by atoms with Crippen LogP contribution in [0.1, 0.15) is 108 Å². The summed E-state index contributed by atoms with van der Waals surface area (Å²) in [4.78, 5) is 32.7. The second-order valence-electron chi connectivity index (χ2n) is 18.3. The largest absolute Gasteiger partial charge is 0.497 e. The molecule has 0 N–H and O–H groups in total. The quantitative estimate of drug-likeness (QED) is 0.135. The Hall–Kier alpha value is -3.16. The SMILES string of the molecule is CCOC(=O)C1CCN(c2cc(C(F)(F)F)ccc2C2CCN(C(=O)[C@]3(F)CN(C4CCC(O[Si](C)(C)C(C)(C)C)CC4)C[C@H]3c3ccc(OC)cc3)CC2)CC1. The molecular formula is C44H63F4N3O5Si. The Morgan fingerprint density at radius 3 is 2.07 bits per heavy atom. The lowest BCUT2D eigenvalue weighted by Crippen LogP contribution is -2.53. The highest BCUT2D eigenvalue weighted by Crippen LogP contribution is 2.46. The molecule has 0 bridgehead atoms. The lowest BCUT2D eigenvalue weighted by Gasteiger charge is -2.42. The number of anilines is 1. The van der Waals surface area contributed by atoms with Gasteiger partial charge in [0.15, 0.2) is 8.32 Å². The molecule has 4 aliphatic rings. The number of esters is 1. The van der Waals surface area contributed by atoms with Crippen LogP contribution in [0.2, 0.25) is 18.1 Å². The molecule has 2 aromatic rings. The van der Waals surface area contributed by atoms with Gasteiger partial charge in [-0.2, -0.15) is 13.2 Å². The molecule has 316 valence electrons. The third-order valence-corrected chi connectivity index (χ3v) is 18.3. The van der Waals surface area contributed by atoms with Gasteiger partial charge in [0.2, 0.25) is 5.67 Å². The van der Waals surface area contributed by atoms with E-state index in [0.29, 0.717) is 69.8 Å². The van der Waals surface area contributed by atoms with Crippen LogP contribution in [0.5, 0.6) is 5.75 Å². The van der Waals surface area contributed by atoms with Gasteiger partial charge in [-0.3, -0.25) is 14.5 Å². The fourth-order valence-electron chi connectivity index (χ4n) is 9.28. The van der Waals surface area contributed by atoms with Crippen LogP contribution >= 0.6 is 0 Å². The first-order valence-electron chi connectivity index (χ1n) is 21.0. The summed E-state index contributed by atoms with van der Waals surface area (Å²) in [6.07, 6.45) is 1.31. The zero-order chi connectivity index (χ0) is 41.3. The molecule has 4 fully saturated rings. The molecule has 1 aliphatic carbocycles. The van der Waals surface area contributed by atoms with Crippen LogP contribution in [0, 0.1) is 5.92 Å². The van der Waals surface area contributed by atoms with Crippen LogP contribution in [-0.2, 0) is 24.9 Å². The number of likely N-dealkylation sites (tertiary alicyclic amines) is 2. The number of benzene rings is 2. The second-order valence-corrected chi connectivity index (χ2v) is 23.0. The fourth-order valence-corrected chi connectivity index (χ4v) is 10.7. The second kappa shape index (κ2) is 17.2. The van der Waals surface area contributed by atoms with Gasteiger partial charge in [-0.15, -0.1) is 0 Å². The Morgan fingerprint density at radius 2 is 1.51 bits per heavy atom. The maximum atomic E-state index is 17.8. The van der Waals surface area contributed by atoms with Gasteiger partial charge >= 0.3 is 12.1 Å². The minimum atomic E-state index is -4.50. The Labute approximate surface area is 337 Å². The molecule has 3 heterocycles. The third kappa shape index (κ3) is 9.51. The highest BCUT2D eigenvalue weighted by molar-refractivity contribution is 6.74. The van der Waals surface area contributed by atoms with Crippen molar-refractivity contribution in [1.82, 2.24) is 9.80 Å². The molecule has 0 spiro atoms. The van der Waals surface area contributed by atoms with Gasteiger partial charge in [-0.05, 0) is 118 Å². The van der Waals surface area contributed by atoms with E-state index in [9.17, 15) is 22.8 Å². The van der Waals surface area contributed by atoms with Gasteiger partial charge in [-0.1, -0.05) is 39.0 Å². The van der Waals surface area contributed by atoms with Crippen molar-refractivity contribution in [1.29, 1.82) is 0 Å². The van der Waals surface area contributed by atoms with E-state index < -0.39 is 37.6 Å². The molecule has 57 heavy (non-hydrogen) atoms. The molecule has 6 rings (SSSR count). The van der Waals surface area contributed by atoms with Gasteiger partial charge in [0.1, 0.15) is 5.75 Å². The molecule has 2 atom stereocenters. The zero-order valence-corrected chi connectivity index (χ0v) is 35.9. The summed E-state index contributed by atoms with van der Waals surface area (Å²) < 4.78 is 77.1. The summed E-state index contributed by atoms with van der Waals surface area (Å²) in [6.45, 7) is 15.3. The fraction of sp³-hybridized carbons (Fsp3) is 0.682. The number of halogens is 4. The minimum absolute atomic E-state index is 0.0195. The van der Waals surface area contributed by atoms with Gasteiger partial charge < -0.3 is 23.7 Å². The standard InChI is InChI=1S/C44H63F4N3O5Si/c1-8-55-40(52)32-21-23-49(24-22-32)39-27-33(44(46,47)48)11-18-37(39)30-19-25-50(26-20-30)41(53)43(45)29-51(28-38(43)31-9-14-35(54-5)15-10-31)34-12-16-36(17-13-34)56-57(6,7)42(2,3)4/h9-11,14-15,18,27,30,32,34,36,38H,8,12-13,16-17,19-26,28-29H2,1-7H3/t34?,36?,38-,43-/m0/s1. The van der Waals surface area contributed by atoms with Gasteiger partial charge in [0.05, 0.1) is 25.2 Å². The molecule has 3 saturated heterocycles. The van der Waals surface area contributed by atoms with Crippen LogP contribution in [0.4, 0.5) is 23.2 Å². The van der Waals surface area contributed by atoms with Crippen molar-refractivity contribution >= 4 is 25.9 Å². The molecule has 2 aromatic carbocycles. The van der Waals surface area contributed by atoms with Crippen LogP contribution < -0.4 is 9.64 Å². The Morgan fingerprint density at radius 1 is 0.877 bits per heavy atom. The molecule has 13 heteroatoms. The molecular weight excluding hydrogens is 755 g/mol. The number of hydrogen-bond acceptors (Lipinski definition) is 7. The Bertz CT molecular complexity index is 1690. The van der Waals surface area contributed by atoms with Crippen LogP contribution in [0.15, 0.2) is 42.5 Å². The van der Waals surface area contributed by atoms with E-state index in [4.69, 9.17) is 13.9 Å². The number of amides is 1. The monoisotopic (exact) mass is 817 g/mol. The summed E-state index contributed by atoms with van der Waals surface area (Å²) in [7, 11) is -0.332. The van der Waals surface area contributed by atoms with Crippen molar-refractivity contribution in [3.8, 4) is 5.75 Å². The third-order valence-electron chi connectivity index (χ3n) is 13.7. The van der Waals surface area contributed by atoms with Crippen molar-refractivity contribution in [3.05, 3.63) is 59.2 Å². The average Bonchev–Trinajstić information content (AvgIpc) is 3.55. The lowest BCUT2D eigenvalue weighted by atomic mass is 9.83. The first-order valence-corrected chi connectivity index (χ1v) is 23.9. The summed E-state index contributed by atoms with van der Waals surface area (Å²) in [6, 6.07) is 11.5. The number of ether oxygens (including phenoxy) is 2. The number of nitrogens with zero attached hydrogens (tertiary/aromatic N) is 3. The number of hydrogen-bond donors (Lipinski definition) is 0. The summed E-state index contributed by atoms with van der Waals surface area (Å²) in [5.41, 5.74) is -0.767. The smallest absolute Gasteiger partial charge is 0.416 e. The van der Waals surface area contributed by atoms with Crippen LogP contribution in [0.3, 0.4) is 0 Å². The molecule has 0 radical (unpaired) electrons. The number of carbonyl (C=O) groups excluding carboxylic acids is 2. The van der Waals surface area contributed by atoms with Crippen molar-refractivity contribution in [3.63, 3.8) is 0 Å². The van der Waals surface area contributed by atoms with E-state index in [0.717, 1.165) is 42.9 Å². The highest BCUT2D eigenvalue weighted by atomic mass is 28.4. The van der Waals surface area contributed by atoms with Gasteiger partial charge in [0.25, 0.3) is 5.91 Å². The topological polar surface area (TPSA) is 71.6 Å². The Kier molecular flexibility index (Phi) is 13.1. The van der Waals surface area contributed by atoms with Crippen molar-refractivity contribution in [2.24, 2.45) is 5.92 Å². The summed E-state index contributed by atoms with van der Waals surface area (Å²) in [5, 5.41) is 0.122. The van der Waals surface area contributed by atoms with Crippen molar-refractivity contribution < 1.29 is 41.1 Å². The van der Waals surface area contributed by atoms with Crippen LogP contribution in [-0.4, -0.2) is 101 Å². The molecule has 0 unspecified atom stereocenters. The highest BCUT2D eigenvalue weighted by Gasteiger charge is 2.56. The van der Waals surface area contributed by atoms with E-state index in [1.54, 1.807) is 25.0 Å². The van der Waals surface area contributed by atoms with Gasteiger partial charge in [0, 0.05) is 63.0 Å². The molecule has 8 nitrogen and oxygen atoms in total. The van der Waals surface area contributed by atoms with Crippen molar-refractivity contribution in [2.75, 3.05) is 57.9 Å². The summed E-state index contributed by atoms with van der Waals surface area (Å²) >= 11 is 0. The predicted molar refractivity (Wildman–Crippen MR) is 217 cm³/mol. The number of methoxy groups -OCH3 is 1. The number of rotatable bonds is 10. The number of carbonyl (C=O) groups is 2. The van der Waals surface area contributed by atoms with E-state index >= 15 is 4.39 Å². The minimum Gasteiger partial charge on any atom is -0.497 e. The van der Waals surface area contributed by atoms with Gasteiger partial charge in [-0.25, -0.2) is 4.39 Å². The molecule has 1 amide bonds. The zero-order valence-electron chi connectivity index (χ0n) is 34.9. The lowest BCUT2D eigenvalue weighted by molar-refractivity contribution is -0.148. The Balaban J connectivity index is 1.16. The molecule has 3 aliphatic heterocycles. The molecule has 1 saturated carbocycles. The maximum absolute atomic E-state index is 17.8. The maximum Gasteiger partial charge on any atom is 0.416 e. The first kappa shape index (κ1) is 43.4. The first-order chi connectivity index (χ1) is 26.8.